The second-order valence-electron chi connectivity index (χ2n) is 5.07. The Kier molecular flexibility index (Phi) is 2.94. The number of nitrogens with zero attached hydrogens (tertiary/aromatic N) is 2. The Morgan fingerprint density at radius 3 is 2.91 bits per heavy atom. The molecule has 0 amide bonds. The molecule has 0 saturated heterocycles. The van der Waals surface area contributed by atoms with Crippen LogP contribution in [0.3, 0.4) is 0 Å². The molecule has 4 rings (SSSR count). The number of para-hydroxylation sites is 1. The van der Waals surface area contributed by atoms with Crippen molar-refractivity contribution in [3.63, 3.8) is 0 Å². The number of carbonyl (C=O) groups excluding carboxylic acids is 1. The van der Waals surface area contributed by atoms with Crippen LogP contribution in [0.25, 0.3) is 17.0 Å². The standard InChI is InChI=1S/C17H12N2O2S/c1-19-10-11(12-5-2-3-6-14(12)19)9-13-16(18-21-17(13)20)15-7-4-8-22-15/h2-10H,1H3/b13-9-. The highest BCUT2D eigenvalue weighted by atomic mass is 32.1. The van der Waals surface area contributed by atoms with Gasteiger partial charge in [-0.15, -0.1) is 11.3 Å². The van der Waals surface area contributed by atoms with Crippen molar-refractivity contribution >= 4 is 40.0 Å². The van der Waals surface area contributed by atoms with Crippen LogP contribution in [-0.4, -0.2) is 16.2 Å². The Bertz CT molecular complexity index is 933. The number of fused-ring (bicyclic) bond motifs is 1. The van der Waals surface area contributed by atoms with Crippen LogP contribution in [0.4, 0.5) is 0 Å². The summed E-state index contributed by atoms with van der Waals surface area (Å²) in [5.74, 6) is -0.406. The minimum atomic E-state index is -0.406. The quantitative estimate of drug-likeness (QED) is 0.536. The number of hydrogen-bond acceptors (Lipinski definition) is 4. The first kappa shape index (κ1) is 13.0. The molecule has 1 aliphatic heterocycles. The van der Waals surface area contributed by atoms with E-state index in [1.807, 2.05) is 59.6 Å². The number of thiophene rings is 1. The van der Waals surface area contributed by atoms with Crippen molar-refractivity contribution in [1.29, 1.82) is 0 Å². The lowest BCUT2D eigenvalue weighted by Gasteiger charge is -1.97. The first-order valence-corrected chi connectivity index (χ1v) is 7.71. The maximum absolute atomic E-state index is 12.0. The fourth-order valence-corrected chi connectivity index (χ4v) is 3.36. The fraction of sp³-hybridized carbons (Fsp3) is 0.0588. The van der Waals surface area contributed by atoms with Crippen LogP contribution in [0.2, 0.25) is 0 Å². The van der Waals surface area contributed by atoms with E-state index in [4.69, 9.17) is 4.84 Å². The summed E-state index contributed by atoms with van der Waals surface area (Å²) in [5, 5.41) is 6.98. The van der Waals surface area contributed by atoms with Gasteiger partial charge in [-0.05, 0) is 23.6 Å². The fourth-order valence-electron chi connectivity index (χ4n) is 2.64. The molecule has 0 bridgehead atoms. The lowest BCUT2D eigenvalue weighted by atomic mass is 10.1. The van der Waals surface area contributed by atoms with E-state index in [9.17, 15) is 4.79 Å². The largest absolute Gasteiger partial charge is 0.368 e. The summed E-state index contributed by atoms with van der Waals surface area (Å²) in [6, 6.07) is 12.0. The van der Waals surface area contributed by atoms with E-state index in [1.54, 1.807) is 0 Å². The van der Waals surface area contributed by atoms with Gasteiger partial charge >= 0.3 is 5.97 Å². The Labute approximate surface area is 130 Å². The second kappa shape index (κ2) is 4.96. The third-order valence-corrected chi connectivity index (χ3v) is 4.55. The summed E-state index contributed by atoms with van der Waals surface area (Å²) in [6.07, 6.45) is 3.87. The van der Waals surface area contributed by atoms with Gasteiger partial charge in [0.1, 0.15) is 5.71 Å². The van der Waals surface area contributed by atoms with E-state index in [2.05, 4.69) is 11.2 Å². The molecule has 0 unspecified atom stereocenters. The third-order valence-electron chi connectivity index (χ3n) is 3.68. The Morgan fingerprint density at radius 1 is 1.23 bits per heavy atom. The van der Waals surface area contributed by atoms with Gasteiger partial charge in [0.2, 0.25) is 0 Å². The number of aromatic nitrogens is 1. The van der Waals surface area contributed by atoms with E-state index >= 15 is 0 Å². The van der Waals surface area contributed by atoms with Gasteiger partial charge in [-0.1, -0.05) is 29.4 Å². The van der Waals surface area contributed by atoms with E-state index in [0.29, 0.717) is 11.3 Å². The third kappa shape index (κ3) is 1.98. The predicted molar refractivity (Wildman–Crippen MR) is 87.8 cm³/mol. The lowest BCUT2D eigenvalue weighted by Crippen LogP contribution is -2.05. The summed E-state index contributed by atoms with van der Waals surface area (Å²) in [6.45, 7) is 0. The highest BCUT2D eigenvalue weighted by Crippen LogP contribution is 2.27. The van der Waals surface area contributed by atoms with Gasteiger partial charge in [-0.25, -0.2) is 4.79 Å². The molecule has 4 nitrogen and oxygen atoms in total. The van der Waals surface area contributed by atoms with E-state index < -0.39 is 5.97 Å². The van der Waals surface area contributed by atoms with E-state index in [-0.39, 0.29) is 0 Å². The number of oxime groups is 1. The summed E-state index contributed by atoms with van der Waals surface area (Å²) < 4.78 is 2.05. The van der Waals surface area contributed by atoms with Crippen molar-refractivity contribution in [2.45, 2.75) is 0 Å². The van der Waals surface area contributed by atoms with Gasteiger partial charge in [-0.2, -0.15) is 0 Å². The van der Waals surface area contributed by atoms with Gasteiger partial charge < -0.3 is 9.40 Å². The second-order valence-corrected chi connectivity index (χ2v) is 6.01. The average molecular weight is 308 g/mol. The number of hydrogen-bond donors (Lipinski definition) is 0. The van der Waals surface area contributed by atoms with Gasteiger partial charge in [0.15, 0.2) is 0 Å². The lowest BCUT2D eigenvalue weighted by molar-refractivity contribution is -0.136. The first-order chi connectivity index (χ1) is 10.7. The van der Waals surface area contributed by atoms with E-state index in [0.717, 1.165) is 21.3 Å². The summed E-state index contributed by atoms with van der Waals surface area (Å²) in [5.41, 5.74) is 3.21. The summed E-state index contributed by atoms with van der Waals surface area (Å²) in [7, 11) is 1.99. The molecule has 3 aromatic rings. The number of benzene rings is 1. The van der Waals surface area contributed by atoms with Crippen molar-refractivity contribution in [1.82, 2.24) is 4.57 Å². The van der Waals surface area contributed by atoms with Crippen molar-refractivity contribution in [3.05, 3.63) is 64.0 Å². The highest BCUT2D eigenvalue weighted by molar-refractivity contribution is 7.12. The van der Waals surface area contributed by atoms with Crippen molar-refractivity contribution in [2.75, 3.05) is 0 Å². The monoisotopic (exact) mass is 308 g/mol. The molecular weight excluding hydrogens is 296 g/mol. The molecule has 0 spiro atoms. The highest BCUT2D eigenvalue weighted by Gasteiger charge is 2.27. The molecule has 0 radical (unpaired) electrons. The van der Waals surface area contributed by atoms with Crippen molar-refractivity contribution < 1.29 is 9.63 Å². The molecule has 0 aliphatic carbocycles. The molecule has 0 atom stereocenters. The number of rotatable bonds is 2. The maximum Gasteiger partial charge on any atom is 0.368 e. The molecule has 0 fully saturated rings. The molecule has 5 heteroatoms. The molecule has 108 valence electrons. The minimum Gasteiger partial charge on any atom is -0.350 e. The Morgan fingerprint density at radius 2 is 2.09 bits per heavy atom. The topological polar surface area (TPSA) is 43.6 Å². The molecule has 3 heterocycles. The molecule has 1 aromatic carbocycles. The molecule has 0 saturated carbocycles. The molecule has 22 heavy (non-hydrogen) atoms. The van der Waals surface area contributed by atoms with Crippen LogP contribution in [0.1, 0.15) is 10.4 Å². The summed E-state index contributed by atoms with van der Waals surface area (Å²) >= 11 is 1.54. The van der Waals surface area contributed by atoms with Gasteiger partial charge in [0, 0.05) is 29.7 Å². The maximum atomic E-state index is 12.0. The van der Waals surface area contributed by atoms with Crippen LogP contribution in [-0.2, 0) is 16.7 Å². The Hall–Kier alpha value is -2.66. The van der Waals surface area contributed by atoms with Gasteiger partial charge in [0.25, 0.3) is 0 Å². The average Bonchev–Trinajstić information content (AvgIpc) is 3.23. The van der Waals surface area contributed by atoms with Crippen LogP contribution in [0.15, 0.2) is 58.7 Å². The number of carbonyl (C=O) groups is 1. The minimum absolute atomic E-state index is 0.406. The van der Waals surface area contributed by atoms with Gasteiger partial charge in [-0.3, -0.25) is 0 Å². The Balaban J connectivity index is 1.87. The zero-order chi connectivity index (χ0) is 15.1. The van der Waals surface area contributed by atoms with Gasteiger partial charge in [0.05, 0.1) is 10.5 Å². The predicted octanol–water partition coefficient (Wildman–Crippen LogP) is 3.58. The zero-order valence-corrected chi connectivity index (χ0v) is 12.6. The van der Waals surface area contributed by atoms with Crippen molar-refractivity contribution in [3.8, 4) is 0 Å². The SMILES string of the molecule is Cn1cc(/C=C2\C(=O)ON=C2c2cccs2)c2ccccc21. The van der Waals surface area contributed by atoms with Crippen LogP contribution in [0, 0.1) is 0 Å². The van der Waals surface area contributed by atoms with Crippen LogP contribution >= 0.6 is 11.3 Å². The normalized spacial score (nSPS) is 16.3. The first-order valence-electron chi connectivity index (χ1n) is 6.83. The molecule has 1 aliphatic rings. The number of aryl methyl sites for hydroxylation is 1. The van der Waals surface area contributed by atoms with Crippen LogP contribution < -0.4 is 0 Å². The van der Waals surface area contributed by atoms with E-state index in [1.165, 1.54) is 11.3 Å². The molecule has 2 aromatic heterocycles. The molecule has 0 N–H and O–H groups in total. The summed E-state index contributed by atoms with van der Waals surface area (Å²) in [4.78, 5) is 17.8. The zero-order valence-electron chi connectivity index (χ0n) is 11.8. The molecular formula is C17H12N2O2S. The van der Waals surface area contributed by atoms with Crippen molar-refractivity contribution in [2.24, 2.45) is 12.2 Å². The smallest absolute Gasteiger partial charge is 0.350 e. The van der Waals surface area contributed by atoms with Crippen LogP contribution in [0.5, 0.6) is 0 Å².